The molecule has 0 saturated heterocycles. The van der Waals surface area contributed by atoms with Gasteiger partial charge in [0.25, 0.3) is 0 Å². The lowest BCUT2D eigenvalue weighted by molar-refractivity contribution is -0.143. The molecule has 1 N–H and O–H groups in total. The van der Waals surface area contributed by atoms with Crippen LogP contribution in [0.25, 0.3) is 0 Å². The number of amides is 1. The maximum Gasteiger partial charge on any atom is 0.305 e. The van der Waals surface area contributed by atoms with E-state index in [4.69, 9.17) is 4.74 Å². The topological polar surface area (TPSA) is 55.4 Å². The van der Waals surface area contributed by atoms with E-state index in [1.807, 2.05) is 37.3 Å². The maximum absolute atomic E-state index is 11.9. The smallest absolute Gasteiger partial charge is 0.305 e. The van der Waals surface area contributed by atoms with E-state index in [1.54, 1.807) is 6.92 Å². The molecule has 0 radical (unpaired) electrons. The Kier molecular flexibility index (Phi) is 7.80. The quantitative estimate of drug-likeness (QED) is 0.455. The molecule has 0 bridgehead atoms. The van der Waals surface area contributed by atoms with Crippen LogP contribution in [0, 0.1) is 0 Å². The second-order valence-electron chi connectivity index (χ2n) is 4.27. The molecule has 0 aromatic heterocycles. The van der Waals surface area contributed by atoms with Crippen molar-refractivity contribution in [2.45, 2.75) is 36.8 Å². The first-order valence-corrected chi connectivity index (χ1v) is 7.66. The summed E-state index contributed by atoms with van der Waals surface area (Å²) in [6.45, 7) is 4.55. The van der Waals surface area contributed by atoms with E-state index in [0.717, 1.165) is 4.90 Å². The molecule has 1 aromatic carbocycles. The van der Waals surface area contributed by atoms with Crippen molar-refractivity contribution < 1.29 is 14.3 Å². The Morgan fingerprint density at radius 3 is 2.65 bits per heavy atom. The lowest BCUT2D eigenvalue weighted by Crippen LogP contribution is -2.31. The van der Waals surface area contributed by atoms with E-state index in [9.17, 15) is 9.59 Å². The van der Waals surface area contributed by atoms with Crippen LogP contribution in [-0.4, -0.2) is 30.3 Å². The third-order valence-corrected chi connectivity index (χ3v) is 3.70. The van der Waals surface area contributed by atoms with Crippen molar-refractivity contribution >= 4 is 23.6 Å². The largest absolute Gasteiger partial charge is 0.466 e. The second kappa shape index (κ2) is 9.42. The molecule has 0 aliphatic rings. The molecule has 4 nitrogen and oxygen atoms in total. The van der Waals surface area contributed by atoms with Gasteiger partial charge in [-0.05, 0) is 32.4 Å². The Balaban J connectivity index is 2.20. The molecule has 5 heteroatoms. The number of ether oxygens (including phenoxy) is 1. The normalized spacial score (nSPS) is 11.7. The number of carbonyl (C=O) groups excluding carboxylic acids is 2. The summed E-state index contributed by atoms with van der Waals surface area (Å²) >= 11 is 1.52. The highest BCUT2D eigenvalue weighted by Crippen LogP contribution is 2.22. The van der Waals surface area contributed by atoms with Crippen molar-refractivity contribution in [3.05, 3.63) is 30.3 Å². The van der Waals surface area contributed by atoms with Gasteiger partial charge in [-0.3, -0.25) is 9.59 Å². The lowest BCUT2D eigenvalue weighted by Gasteiger charge is -2.11. The van der Waals surface area contributed by atoms with Gasteiger partial charge in [-0.1, -0.05) is 18.2 Å². The minimum Gasteiger partial charge on any atom is -0.466 e. The molecule has 0 spiro atoms. The van der Waals surface area contributed by atoms with E-state index in [0.29, 0.717) is 26.0 Å². The maximum atomic E-state index is 11.9. The number of hydrogen-bond acceptors (Lipinski definition) is 4. The fourth-order valence-corrected chi connectivity index (χ4v) is 2.49. The third-order valence-electron chi connectivity index (χ3n) is 2.59. The summed E-state index contributed by atoms with van der Waals surface area (Å²) in [6.07, 6.45) is 0.946. The number of hydrogen-bond donors (Lipinski definition) is 1. The summed E-state index contributed by atoms with van der Waals surface area (Å²) in [6, 6.07) is 9.81. The molecule has 0 fully saturated rings. The van der Waals surface area contributed by atoms with Crippen molar-refractivity contribution in [3.63, 3.8) is 0 Å². The zero-order valence-corrected chi connectivity index (χ0v) is 12.7. The standard InChI is InChI=1S/C15H21NO3S/c1-3-19-14(17)10-7-11-16-15(18)12(2)20-13-8-5-4-6-9-13/h4-6,8-9,12H,3,7,10-11H2,1-2H3,(H,16,18). The summed E-state index contributed by atoms with van der Waals surface area (Å²) in [7, 11) is 0. The molecule has 1 rings (SSSR count). The average molecular weight is 295 g/mol. The molecule has 0 aliphatic carbocycles. The summed E-state index contributed by atoms with van der Waals surface area (Å²) in [5, 5.41) is 2.68. The van der Waals surface area contributed by atoms with Crippen molar-refractivity contribution in [2.75, 3.05) is 13.2 Å². The van der Waals surface area contributed by atoms with Crippen LogP contribution < -0.4 is 5.32 Å². The Hall–Kier alpha value is -1.49. The molecule has 1 unspecified atom stereocenters. The summed E-state index contributed by atoms with van der Waals surface area (Å²) in [5.41, 5.74) is 0. The molecule has 20 heavy (non-hydrogen) atoms. The van der Waals surface area contributed by atoms with Crippen molar-refractivity contribution in [2.24, 2.45) is 0 Å². The number of rotatable bonds is 8. The van der Waals surface area contributed by atoms with Crippen LogP contribution in [-0.2, 0) is 14.3 Å². The van der Waals surface area contributed by atoms with Crippen molar-refractivity contribution in [3.8, 4) is 0 Å². The number of esters is 1. The molecule has 1 atom stereocenters. The van der Waals surface area contributed by atoms with Crippen LogP contribution in [0.1, 0.15) is 26.7 Å². The Labute approximate surface area is 124 Å². The SMILES string of the molecule is CCOC(=O)CCCNC(=O)C(C)Sc1ccccc1. The van der Waals surface area contributed by atoms with Gasteiger partial charge in [-0.25, -0.2) is 0 Å². The van der Waals surface area contributed by atoms with E-state index in [2.05, 4.69) is 5.32 Å². The Morgan fingerprint density at radius 1 is 1.30 bits per heavy atom. The monoisotopic (exact) mass is 295 g/mol. The minimum absolute atomic E-state index is 0.0114. The zero-order valence-electron chi connectivity index (χ0n) is 11.9. The first-order valence-electron chi connectivity index (χ1n) is 6.78. The van der Waals surface area contributed by atoms with Crippen LogP contribution in [0.15, 0.2) is 35.2 Å². The highest BCUT2D eigenvalue weighted by atomic mass is 32.2. The molecule has 1 aromatic rings. The van der Waals surface area contributed by atoms with Gasteiger partial charge in [-0.2, -0.15) is 0 Å². The fourth-order valence-electron chi connectivity index (χ4n) is 1.58. The Bertz CT molecular complexity index is 422. The molecule has 110 valence electrons. The molecular formula is C15H21NO3S. The van der Waals surface area contributed by atoms with Crippen LogP contribution in [0.3, 0.4) is 0 Å². The van der Waals surface area contributed by atoms with Gasteiger partial charge < -0.3 is 10.1 Å². The van der Waals surface area contributed by atoms with E-state index in [-0.39, 0.29) is 17.1 Å². The number of thioether (sulfide) groups is 1. The van der Waals surface area contributed by atoms with Gasteiger partial charge in [0, 0.05) is 17.9 Å². The van der Waals surface area contributed by atoms with E-state index < -0.39 is 0 Å². The molecular weight excluding hydrogens is 274 g/mol. The van der Waals surface area contributed by atoms with E-state index in [1.165, 1.54) is 11.8 Å². The van der Waals surface area contributed by atoms with Gasteiger partial charge in [-0.15, -0.1) is 11.8 Å². The van der Waals surface area contributed by atoms with Gasteiger partial charge in [0.15, 0.2) is 0 Å². The first kappa shape index (κ1) is 16.6. The number of benzene rings is 1. The number of carbonyl (C=O) groups is 2. The lowest BCUT2D eigenvalue weighted by atomic mass is 10.3. The minimum atomic E-state index is -0.214. The van der Waals surface area contributed by atoms with Crippen molar-refractivity contribution in [1.82, 2.24) is 5.32 Å². The fraction of sp³-hybridized carbons (Fsp3) is 0.467. The van der Waals surface area contributed by atoms with Gasteiger partial charge in [0.2, 0.25) is 5.91 Å². The summed E-state index contributed by atoms with van der Waals surface area (Å²) in [4.78, 5) is 24.1. The van der Waals surface area contributed by atoms with Crippen LogP contribution in [0.5, 0.6) is 0 Å². The summed E-state index contributed by atoms with van der Waals surface area (Å²) in [5.74, 6) is -0.226. The predicted molar refractivity (Wildman–Crippen MR) is 80.6 cm³/mol. The van der Waals surface area contributed by atoms with Crippen LogP contribution in [0.4, 0.5) is 0 Å². The highest BCUT2D eigenvalue weighted by molar-refractivity contribution is 8.00. The van der Waals surface area contributed by atoms with Gasteiger partial charge >= 0.3 is 5.97 Å². The third kappa shape index (κ3) is 6.61. The molecule has 0 heterocycles. The second-order valence-corrected chi connectivity index (χ2v) is 5.69. The van der Waals surface area contributed by atoms with Crippen molar-refractivity contribution in [1.29, 1.82) is 0 Å². The number of nitrogens with one attached hydrogen (secondary N) is 1. The molecule has 0 aliphatic heterocycles. The average Bonchev–Trinajstić information content (AvgIpc) is 2.44. The first-order chi connectivity index (χ1) is 9.63. The zero-order chi connectivity index (χ0) is 14.8. The van der Waals surface area contributed by atoms with E-state index >= 15 is 0 Å². The predicted octanol–water partition coefficient (Wildman–Crippen LogP) is 2.63. The Morgan fingerprint density at radius 2 is 2.00 bits per heavy atom. The van der Waals surface area contributed by atoms with Gasteiger partial charge in [0.05, 0.1) is 11.9 Å². The van der Waals surface area contributed by atoms with Crippen LogP contribution >= 0.6 is 11.8 Å². The summed E-state index contributed by atoms with van der Waals surface area (Å²) < 4.78 is 4.82. The molecule has 1 amide bonds. The van der Waals surface area contributed by atoms with Crippen LogP contribution in [0.2, 0.25) is 0 Å². The highest BCUT2D eigenvalue weighted by Gasteiger charge is 2.13. The molecule has 0 saturated carbocycles. The van der Waals surface area contributed by atoms with Gasteiger partial charge in [0.1, 0.15) is 0 Å².